The van der Waals surface area contributed by atoms with Crippen LogP contribution in [0.1, 0.15) is 0 Å². The van der Waals surface area contributed by atoms with Crippen LogP contribution in [0.4, 0.5) is 0 Å². The Morgan fingerprint density at radius 3 is 2.22 bits per heavy atom. The van der Waals surface area contributed by atoms with Gasteiger partial charge in [0.15, 0.2) is 10.2 Å². The summed E-state index contributed by atoms with van der Waals surface area (Å²) in [6.07, 6.45) is -1.89. The molecular formula is C7H14N6O3S2. The zero-order valence-electron chi connectivity index (χ0n) is 9.15. The summed E-state index contributed by atoms with van der Waals surface area (Å²) in [6.45, 7) is -0.663. The molecule has 0 radical (unpaired) electrons. The fourth-order valence-electron chi connectivity index (χ4n) is 0.750. The lowest BCUT2D eigenvalue weighted by molar-refractivity contribution is 0.0191. The Balaban J connectivity index is 4.81. The van der Waals surface area contributed by atoms with Crippen molar-refractivity contribution in [3.8, 4) is 0 Å². The molecule has 102 valence electrons. The van der Waals surface area contributed by atoms with E-state index in [0.717, 1.165) is 6.21 Å². The van der Waals surface area contributed by atoms with Crippen molar-refractivity contribution in [3.63, 3.8) is 0 Å². The quantitative estimate of drug-likeness (QED) is 0.151. The van der Waals surface area contributed by atoms with Gasteiger partial charge in [0.25, 0.3) is 0 Å². The van der Waals surface area contributed by atoms with Gasteiger partial charge in [-0.2, -0.15) is 10.2 Å². The van der Waals surface area contributed by atoms with Gasteiger partial charge in [-0.3, -0.25) is 10.9 Å². The molecule has 0 amide bonds. The third-order valence-corrected chi connectivity index (χ3v) is 1.70. The first-order valence-corrected chi connectivity index (χ1v) is 5.38. The molecule has 18 heavy (non-hydrogen) atoms. The van der Waals surface area contributed by atoms with E-state index in [-0.39, 0.29) is 15.9 Å². The van der Waals surface area contributed by atoms with Gasteiger partial charge in [0.2, 0.25) is 0 Å². The van der Waals surface area contributed by atoms with Crippen LogP contribution in [0.25, 0.3) is 0 Å². The fraction of sp³-hybridized carbons (Fsp3) is 0.429. The number of nitrogens with one attached hydrogen (secondary N) is 2. The lowest BCUT2D eigenvalue weighted by Crippen LogP contribution is -2.39. The zero-order valence-corrected chi connectivity index (χ0v) is 10.8. The Kier molecular flexibility index (Phi) is 7.98. The molecule has 0 aliphatic rings. The highest BCUT2D eigenvalue weighted by atomic mass is 32.1. The minimum absolute atomic E-state index is 0.0925. The third-order valence-electron chi connectivity index (χ3n) is 1.52. The number of hydrazone groups is 2. The molecule has 0 saturated heterocycles. The van der Waals surface area contributed by atoms with E-state index in [1.807, 2.05) is 0 Å². The van der Waals surface area contributed by atoms with E-state index in [1.165, 1.54) is 0 Å². The number of hydrogen-bond donors (Lipinski definition) is 7. The van der Waals surface area contributed by atoms with Crippen LogP contribution in [0.2, 0.25) is 0 Å². The summed E-state index contributed by atoms with van der Waals surface area (Å²) >= 11 is 9.01. The van der Waals surface area contributed by atoms with Crippen molar-refractivity contribution in [2.45, 2.75) is 12.2 Å². The largest absolute Gasteiger partial charge is 0.394 e. The summed E-state index contributed by atoms with van der Waals surface area (Å²) in [5.41, 5.74) is 14.6. The molecule has 9 N–H and O–H groups in total. The Bertz CT molecular complexity index is 361. The Hall–Kier alpha value is -1.40. The van der Waals surface area contributed by atoms with Gasteiger partial charge in [-0.25, -0.2) is 0 Å². The number of hydrogen-bond acceptors (Lipinski definition) is 7. The first-order chi connectivity index (χ1) is 8.38. The van der Waals surface area contributed by atoms with Crippen LogP contribution < -0.4 is 22.3 Å². The molecule has 0 aliphatic carbocycles. The first kappa shape index (κ1) is 16.6. The summed E-state index contributed by atoms with van der Waals surface area (Å²) in [7, 11) is 0. The average molecular weight is 294 g/mol. The van der Waals surface area contributed by atoms with E-state index in [2.05, 4.69) is 45.5 Å². The third kappa shape index (κ3) is 7.03. The second-order valence-electron chi connectivity index (χ2n) is 2.94. The number of aliphatic hydroxyl groups excluding tert-OH is 3. The van der Waals surface area contributed by atoms with Crippen LogP contribution in [0.3, 0.4) is 0 Å². The first-order valence-electron chi connectivity index (χ1n) is 4.57. The average Bonchev–Trinajstić information content (AvgIpc) is 2.30. The van der Waals surface area contributed by atoms with Crippen molar-refractivity contribution in [2.75, 3.05) is 6.61 Å². The SMILES string of the molecule is NC(=S)N/N=C/C(=N\NC(N)=S)[C@@H](O)[C@@H](O)CO. The maximum atomic E-state index is 9.61. The Labute approximate surface area is 114 Å². The molecule has 0 spiro atoms. The number of nitrogens with two attached hydrogens (primary N) is 2. The van der Waals surface area contributed by atoms with Crippen LogP contribution in [-0.2, 0) is 0 Å². The maximum absolute atomic E-state index is 9.61. The molecule has 0 unspecified atom stereocenters. The highest BCUT2D eigenvalue weighted by molar-refractivity contribution is 7.80. The van der Waals surface area contributed by atoms with Crippen molar-refractivity contribution >= 4 is 46.6 Å². The van der Waals surface area contributed by atoms with Crippen LogP contribution in [0.5, 0.6) is 0 Å². The van der Waals surface area contributed by atoms with Gasteiger partial charge in [0.05, 0.1) is 12.8 Å². The Morgan fingerprint density at radius 2 is 1.78 bits per heavy atom. The molecule has 0 rings (SSSR count). The summed E-state index contributed by atoms with van der Waals surface area (Å²) in [5.74, 6) is 0. The highest BCUT2D eigenvalue weighted by Gasteiger charge is 2.20. The van der Waals surface area contributed by atoms with Gasteiger partial charge in [-0.1, -0.05) is 0 Å². The normalized spacial score (nSPS) is 15.2. The molecule has 0 aromatic carbocycles. The van der Waals surface area contributed by atoms with Gasteiger partial charge in [0.1, 0.15) is 17.9 Å². The minimum Gasteiger partial charge on any atom is -0.394 e. The van der Waals surface area contributed by atoms with Crippen molar-refractivity contribution < 1.29 is 15.3 Å². The van der Waals surface area contributed by atoms with Crippen molar-refractivity contribution in [1.82, 2.24) is 10.9 Å². The topological polar surface area (TPSA) is 162 Å². The van der Waals surface area contributed by atoms with Gasteiger partial charge < -0.3 is 26.8 Å². The van der Waals surface area contributed by atoms with E-state index in [4.69, 9.17) is 16.6 Å². The second-order valence-corrected chi connectivity index (χ2v) is 3.82. The fourth-order valence-corrected chi connectivity index (χ4v) is 0.848. The molecule has 0 aromatic heterocycles. The van der Waals surface area contributed by atoms with Crippen LogP contribution in [0.15, 0.2) is 10.2 Å². The number of thiocarbonyl (C=S) groups is 2. The highest BCUT2D eigenvalue weighted by Crippen LogP contribution is 1.95. The number of rotatable bonds is 6. The number of aliphatic hydroxyl groups is 3. The van der Waals surface area contributed by atoms with Crippen molar-refractivity contribution in [1.29, 1.82) is 0 Å². The molecule has 9 nitrogen and oxygen atoms in total. The van der Waals surface area contributed by atoms with Gasteiger partial charge in [-0.05, 0) is 24.4 Å². The van der Waals surface area contributed by atoms with E-state index in [0.29, 0.717) is 0 Å². The summed E-state index contributed by atoms with van der Waals surface area (Å²) in [4.78, 5) is 0. The van der Waals surface area contributed by atoms with E-state index >= 15 is 0 Å². The van der Waals surface area contributed by atoms with Crippen LogP contribution in [0, 0.1) is 0 Å². The minimum atomic E-state index is -1.49. The predicted molar refractivity (Wildman–Crippen MR) is 74.9 cm³/mol. The molecule has 0 fully saturated rings. The summed E-state index contributed by atoms with van der Waals surface area (Å²) in [5, 5.41) is 34.5. The molecular weight excluding hydrogens is 280 g/mol. The smallest absolute Gasteiger partial charge is 0.184 e. The Morgan fingerprint density at radius 1 is 1.22 bits per heavy atom. The van der Waals surface area contributed by atoms with Crippen molar-refractivity contribution in [3.05, 3.63) is 0 Å². The standard InChI is InChI=1S/C7H14N6O3S2/c8-6(17)12-10-1-3(11-13-7(9)18)5(16)4(15)2-14/h1,4-5,14-16H,2H2,(H3,8,12,17)(H3,9,13,18)/b10-1+,11-3+/t4-,5+/m0/s1. The predicted octanol–water partition coefficient (Wildman–Crippen LogP) is -3.29. The monoisotopic (exact) mass is 294 g/mol. The van der Waals surface area contributed by atoms with E-state index < -0.39 is 18.8 Å². The molecule has 2 atom stereocenters. The van der Waals surface area contributed by atoms with Crippen LogP contribution >= 0.6 is 24.4 Å². The summed E-state index contributed by atoms with van der Waals surface area (Å²) in [6, 6.07) is 0. The molecule has 0 bridgehead atoms. The maximum Gasteiger partial charge on any atom is 0.184 e. The van der Waals surface area contributed by atoms with Gasteiger partial charge in [-0.15, -0.1) is 0 Å². The van der Waals surface area contributed by atoms with Gasteiger partial charge >= 0.3 is 0 Å². The van der Waals surface area contributed by atoms with Gasteiger partial charge in [0, 0.05) is 0 Å². The van der Waals surface area contributed by atoms with E-state index in [1.54, 1.807) is 0 Å². The molecule has 11 heteroatoms. The molecule has 0 aromatic rings. The number of nitrogens with zero attached hydrogens (tertiary/aromatic N) is 2. The summed E-state index contributed by atoms with van der Waals surface area (Å²) < 4.78 is 0. The van der Waals surface area contributed by atoms with E-state index in [9.17, 15) is 10.2 Å². The van der Waals surface area contributed by atoms with Crippen molar-refractivity contribution in [2.24, 2.45) is 21.7 Å². The molecule has 0 aliphatic heterocycles. The molecule has 0 saturated carbocycles. The lowest BCUT2D eigenvalue weighted by atomic mass is 10.1. The second kappa shape index (κ2) is 8.66. The molecule has 0 heterocycles. The lowest BCUT2D eigenvalue weighted by Gasteiger charge is -2.15. The zero-order chi connectivity index (χ0) is 14.1. The van der Waals surface area contributed by atoms with Crippen LogP contribution in [-0.4, -0.2) is 56.3 Å².